The number of fused-ring (bicyclic) bond motifs is 1. The summed E-state index contributed by atoms with van der Waals surface area (Å²) >= 11 is 0. The minimum atomic E-state index is 0.188. The van der Waals surface area contributed by atoms with Crippen LogP contribution in [0.5, 0.6) is 0 Å². The van der Waals surface area contributed by atoms with Crippen molar-refractivity contribution >= 4 is 11.3 Å². The molecule has 2 aromatic rings. The molecule has 19 heavy (non-hydrogen) atoms. The van der Waals surface area contributed by atoms with E-state index < -0.39 is 0 Å². The van der Waals surface area contributed by atoms with Gasteiger partial charge in [0, 0.05) is 57.2 Å². The molecule has 1 aliphatic rings. The molecule has 0 spiro atoms. The number of nitrogens with zero attached hydrogens (tertiary/aromatic N) is 4. The zero-order valence-corrected chi connectivity index (χ0v) is 10.9. The number of aliphatic hydroxyl groups excluding tert-OH is 1. The lowest BCUT2D eigenvalue weighted by atomic mass is 10.3. The molecule has 0 aliphatic carbocycles. The number of piperazine rings is 1. The molecule has 0 bridgehead atoms. The normalized spacial score (nSPS) is 16.2. The van der Waals surface area contributed by atoms with Gasteiger partial charge in [0.2, 0.25) is 0 Å². The van der Waals surface area contributed by atoms with Crippen molar-refractivity contribution in [2.24, 2.45) is 0 Å². The zero-order chi connectivity index (χ0) is 13.1. The first-order valence-corrected chi connectivity index (χ1v) is 6.78. The lowest BCUT2D eigenvalue weighted by molar-refractivity contribution is 0.287. The Morgan fingerprint density at radius 3 is 2.89 bits per heavy atom. The van der Waals surface area contributed by atoms with Crippen molar-refractivity contribution in [1.29, 1.82) is 0 Å². The van der Waals surface area contributed by atoms with Crippen molar-refractivity contribution in [1.82, 2.24) is 19.9 Å². The number of aliphatic hydroxyl groups is 1. The second kappa shape index (κ2) is 5.54. The number of aromatic nitrogens is 3. The average molecular weight is 261 g/mol. The lowest BCUT2D eigenvalue weighted by Gasteiger charge is -2.29. The Balaban J connectivity index is 1.85. The van der Waals surface area contributed by atoms with Gasteiger partial charge in [0.25, 0.3) is 0 Å². The smallest absolute Gasteiger partial charge is 0.162 e. The molecule has 1 fully saturated rings. The molecular formula is C13H19N5O. The summed E-state index contributed by atoms with van der Waals surface area (Å²) in [6.45, 7) is 4.30. The van der Waals surface area contributed by atoms with E-state index in [9.17, 15) is 0 Å². The van der Waals surface area contributed by atoms with Gasteiger partial charge in [-0.15, -0.1) is 10.2 Å². The van der Waals surface area contributed by atoms with Crippen LogP contribution < -0.4 is 10.2 Å². The zero-order valence-electron chi connectivity index (χ0n) is 10.9. The molecule has 0 aromatic carbocycles. The van der Waals surface area contributed by atoms with Crippen LogP contribution in [0.15, 0.2) is 18.3 Å². The van der Waals surface area contributed by atoms with Gasteiger partial charge in [-0.2, -0.15) is 0 Å². The molecule has 2 N–H and O–H groups in total. The standard InChI is InChI=1S/C13H19N5O/c19-9-1-2-12-15-16-13-10-11(3-6-18(12)13)17-7-4-14-5-8-17/h3,6,10,14,19H,1-2,4-5,7-9H2. The minimum Gasteiger partial charge on any atom is -0.396 e. The first-order chi connectivity index (χ1) is 9.38. The van der Waals surface area contributed by atoms with Gasteiger partial charge in [0.05, 0.1) is 0 Å². The van der Waals surface area contributed by atoms with Crippen LogP contribution in [-0.4, -0.2) is 52.5 Å². The molecule has 1 saturated heterocycles. The number of pyridine rings is 1. The lowest BCUT2D eigenvalue weighted by Crippen LogP contribution is -2.43. The Hall–Kier alpha value is -1.66. The third kappa shape index (κ3) is 2.54. The van der Waals surface area contributed by atoms with Gasteiger partial charge in [-0.3, -0.25) is 4.40 Å². The van der Waals surface area contributed by atoms with E-state index in [1.165, 1.54) is 5.69 Å². The number of hydrogen-bond acceptors (Lipinski definition) is 5. The van der Waals surface area contributed by atoms with Crippen LogP contribution in [0.4, 0.5) is 5.69 Å². The monoisotopic (exact) mass is 261 g/mol. The van der Waals surface area contributed by atoms with E-state index in [1.807, 2.05) is 10.6 Å². The van der Waals surface area contributed by atoms with Crippen LogP contribution in [-0.2, 0) is 6.42 Å². The first-order valence-electron chi connectivity index (χ1n) is 6.78. The third-order valence-corrected chi connectivity index (χ3v) is 3.50. The summed E-state index contributed by atoms with van der Waals surface area (Å²) in [7, 11) is 0. The Morgan fingerprint density at radius 2 is 2.11 bits per heavy atom. The van der Waals surface area contributed by atoms with Crippen LogP contribution in [0.1, 0.15) is 12.2 Å². The fourth-order valence-electron chi connectivity index (χ4n) is 2.46. The van der Waals surface area contributed by atoms with Gasteiger partial charge in [0.15, 0.2) is 5.65 Å². The van der Waals surface area contributed by atoms with Crippen molar-refractivity contribution in [2.75, 3.05) is 37.7 Å². The van der Waals surface area contributed by atoms with Crippen LogP contribution in [0.3, 0.4) is 0 Å². The SMILES string of the molecule is OCCCc1nnc2cc(N3CCNCC3)ccn12. The van der Waals surface area contributed by atoms with Crippen molar-refractivity contribution in [2.45, 2.75) is 12.8 Å². The topological polar surface area (TPSA) is 65.7 Å². The predicted octanol–water partition coefficient (Wildman–Crippen LogP) is 0.0638. The van der Waals surface area contributed by atoms with E-state index in [0.717, 1.165) is 50.5 Å². The number of hydrogen-bond donors (Lipinski definition) is 2. The summed E-state index contributed by atoms with van der Waals surface area (Å²) in [4.78, 5) is 2.36. The number of rotatable bonds is 4. The summed E-state index contributed by atoms with van der Waals surface area (Å²) in [5.41, 5.74) is 2.08. The molecule has 0 amide bonds. The van der Waals surface area contributed by atoms with Gasteiger partial charge in [-0.25, -0.2) is 0 Å². The maximum absolute atomic E-state index is 8.88. The van der Waals surface area contributed by atoms with E-state index in [0.29, 0.717) is 0 Å². The van der Waals surface area contributed by atoms with E-state index in [1.54, 1.807) is 0 Å². The van der Waals surface area contributed by atoms with E-state index >= 15 is 0 Å². The minimum absolute atomic E-state index is 0.188. The average Bonchev–Trinajstić information content (AvgIpc) is 2.88. The van der Waals surface area contributed by atoms with Gasteiger partial charge in [-0.05, 0) is 12.5 Å². The maximum Gasteiger partial charge on any atom is 0.162 e. The second-order valence-corrected chi connectivity index (χ2v) is 4.79. The van der Waals surface area contributed by atoms with Crippen molar-refractivity contribution in [3.8, 4) is 0 Å². The van der Waals surface area contributed by atoms with Crippen molar-refractivity contribution in [3.05, 3.63) is 24.2 Å². The number of aryl methyl sites for hydroxylation is 1. The number of nitrogens with one attached hydrogen (secondary N) is 1. The molecule has 0 saturated carbocycles. The maximum atomic E-state index is 8.88. The van der Waals surface area contributed by atoms with Gasteiger partial charge >= 0.3 is 0 Å². The van der Waals surface area contributed by atoms with Gasteiger partial charge < -0.3 is 15.3 Å². The molecule has 2 aromatic heterocycles. The van der Waals surface area contributed by atoms with Crippen LogP contribution in [0, 0.1) is 0 Å². The summed E-state index contributed by atoms with van der Waals surface area (Å²) < 4.78 is 2.00. The summed E-state index contributed by atoms with van der Waals surface area (Å²) in [5, 5.41) is 20.6. The van der Waals surface area contributed by atoms with E-state index in [4.69, 9.17) is 5.11 Å². The van der Waals surface area contributed by atoms with Crippen molar-refractivity contribution in [3.63, 3.8) is 0 Å². The molecule has 0 atom stereocenters. The quantitative estimate of drug-likeness (QED) is 0.815. The molecule has 102 valence electrons. The Labute approximate surface area is 112 Å². The van der Waals surface area contributed by atoms with Gasteiger partial charge in [-0.1, -0.05) is 0 Å². The fraction of sp³-hybridized carbons (Fsp3) is 0.538. The summed E-state index contributed by atoms with van der Waals surface area (Å²) in [5.74, 6) is 0.913. The van der Waals surface area contributed by atoms with Crippen LogP contribution in [0.2, 0.25) is 0 Å². The summed E-state index contributed by atoms with van der Waals surface area (Å²) in [6.07, 6.45) is 3.50. The molecule has 0 radical (unpaired) electrons. The molecule has 1 aliphatic heterocycles. The summed E-state index contributed by atoms with van der Waals surface area (Å²) in [6, 6.07) is 4.20. The highest BCUT2D eigenvalue weighted by Gasteiger charge is 2.12. The van der Waals surface area contributed by atoms with Crippen LogP contribution in [0.25, 0.3) is 5.65 Å². The van der Waals surface area contributed by atoms with Crippen LogP contribution >= 0.6 is 0 Å². The third-order valence-electron chi connectivity index (χ3n) is 3.50. The largest absolute Gasteiger partial charge is 0.396 e. The molecule has 0 unspecified atom stereocenters. The molecule has 3 heterocycles. The predicted molar refractivity (Wildman–Crippen MR) is 73.5 cm³/mol. The Kier molecular flexibility index (Phi) is 3.61. The highest BCUT2D eigenvalue weighted by atomic mass is 16.2. The Morgan fingerprint density at radius 1 is 1.26 bits per heavy atom. The molecule has 6 heteroatoms. The highest BCUT2D eigenvalue weighted by molar-refractivity contribution is 5.56. The molecule has 6 nitrogen and oxygen atoms in total. The molecule has 3 rings (SSSR count). The van der Waals surface area contributed by atoms with E-state index in [-0.39, 0.29) is 6.61 Å². The highest BCUT2D eigenvalue weighted by Crippen LogP contribution is 2.17. The molecular weight excluding hydrogens is 242 g/mol. The first kappa shape index (κ1) is 12.4. The fourth-order valence-corrected chi connectivity index (χ4v) is 2.46. The Bertz CT molecular complexity index is 547. The van der Waals surface area contributed by atoms with Crippen molar-refractivity contribution < 1.29 is 5.11 Å². The second-order valence-electron chi connectivity index (χ2n) is 4.79. The number of anilines is 1. The van der Waals surface area contributed by atoms with Gasteiger partial charge in [0.1, 0.15) is 5.82 Å². The van der Waals surface area contributed by atoms with E-state index in [2.05, 4.69) is 32.5 Å².